The van der Waals surface area contributed by atoms with Gasteiger partial charge in [-0.2, -0.15) is 0 Å². The van der Waals surface area contributed by atoms with E-state index < -0.39 is 0 Å². The first-order valence-electron chi connectivity index (χ1n) is 9.61. The lowest BCUT2D eigenvalue weighted by molar-refractivity contribution is -0.118. The molecule has 1 amide bonds. The molecule has 0 spiro atoms. The Morgan fingerprint density at radius 3 is 2.69 bits per heavy atom. The number of hydrogen-bond donors (Lipinski definition) is 1. The van der Waals surface area contributed by atoms with Gasteiger partial charge in [0.15, 0.2) is 5.16 Å². The Morgan fingerprint density at radius 1 is 1.10 bits per heavy atom. The summed E-state index contributed by atoms with van der Waals surface area (Å²) in [5.41, 5.74) is 3.44. The maximum absolute atomic E-state index is 12.1. The van der Waals surface area contributed by atoms with Crippen molar-refractivity contribution in [2.75, 3.05) is 26.0 Å². The van der Waals surface area contributed by atoms with E-state index in [0.29, 0.717) is 13.2 Å². The fraction of sp³-hybridized carbons (Fsp3) is 0.318. The Kier molecular flexibility index (Phi) is 7.84. The van der Waals surface area contributed by atoms with Gasteiger partial charge in [0.05, 0.1) is 12.4 Å². The molecule has 1 heterocycles. The van der Waals surface area contributed by atoms with Crippen LogP contribution < -0.4 is 5.32 Å². The second kappa shape index (κ2) is 10.8. The molecule has 0 radical (unpaired) electrons. The maximum atomic E-state index is 12.1. The largest absolute Gasteiger partial charge is 0.383 e. The molecule has 1 N–H and O–H groups in total. The summed E-state index contributed by atoms with van der Waals surface area (Å²) >= 11 is 1.39. The van der Waals surface area contributed by atoms with Gasteiger partial charge in [0.1, 0.15) is 5.82 Å². The van der Waals surface area contributed by atoms with Crippen molar-refractivity contribution < 1.29 is 9.53 Å². The van der Waals surface area contributed by atoms with Crippen molar-refractivity contribution in [3.05, 3.63) is 71.5 Å². The fourth-order valence-corrected chi connectivity index (χ4v) is 3.76. The summed E-state index contributed by atoms with van der Waals surface area (Å²) < 4.78 is 7.02. The number of aryl methyl sites for hydroxylation is 3. The van der Waals surface area contributed by atoms with Gasteiger partial charge in [0.25, 0.3) is 0 Å². The molecule has 0 saturated carbocycles. The SMILES string of the molecule is COCCNC(=O)CSc1nnc(CCc2ccccc2)n1-c1cccc(C)c1. The Bertz CT molecular complexity index is 928. The van der Waals surface area contributed by atoms with Crippen LogP contribution in [0.5, 0.6) is 0 Å². The number of nitrogens with zero attached hydrogens (tertiary/aromatic N) is 3. The number of carbonyl (C=O) groups is 1. The van der Waals surface area contributed by atoms with E-state index in [0.717, 1.165) is 29.5 Å². The van der Waals surface area contributed by atoms with Crippen LogP contribution in [0.15, 0.2) is 59.8 Å². The Balaban J connectivity index is 1.77. The van der Waals surface area contributed by atoms with Gasteiger partial charge in [0, 0.05) is 25.8 Å². The van der Waals surface area contributed by atoms with Gasteiger partial charge in [-0.15, -0.1) is 10.2 Å². The van der Waals surface area contributed by atoms with Gasteiger partial charge in [0.2, 0.25) is 5.91 Å². The zero-order valence-corrected chi connectivity index (χ0v) is 17.6. The molecule has 0 aliphatic heterocycles. The molecule has 3 aromatic rings. The highest BCUT2D eigenvalue weighted by molar-refractivity contribution is 7.99. The van der Waals surface area contributed by atoms with Crippen molar-refractivity contribution in [2.24, 2.45) is 0 Å². The second-order valence-electron chi connectivity index (χ2n) is 6.69. The first kappa shape index (κ1) is 21.1. The molecule has 2 aromatic carbocycles. The van der Waals surface area contributed by atoms with Crippen molar-refractivity contribution in [1.29, 1.82) is 0 Å². The lowest BCUT2D eigenvalue weighted by atomic mass is 10.1. The molecule has 6 nitrogen and oxygen atoms in total. The molecule has 0 aliphatic carbocycles. The number of thioether (sulfide) groups is 1. The molecule has 0 unspecified atom stereocenters. The summed E-state index contributed by atoms with van der Waals surface area (Å²) in [6.45, 7) is 3.07. The fourth-order valence-electron chi connectivity index (χ4n) is 2.96. The first-order chi connectivity index (χ1) is 14.2. The predicted octanol–water partition coefficient (Wildman–Crippen LogP) is 3.22. The normalized spacial score (nSPS) is 10.8. The Morgan fingerprint density at radius 2 is 1.93 bits per heavy atom. The van der Waals surface area contributed by atoms with Crippen LogP contribution in [0.1, 0.15) is 17.0 Å². The number of hydrogen-bond acceptors (Lipinski definition) is 5. The monoisotopic (exact) mass is 410 g/mol. The van der Waals surface area contributed by atoms with Gasteiger partial charge in [-0.05, 0) is 36.6 Å². The number of amides is 1. The third-order valence-electron chi connectivity index (χ3n) is 4.40. The van der Waals surface area contributed by atoms with E-state index in [2.05, 4.69) is 51.3 Å². The standard InChI is InChI=1S/C22H26N4O2S/c1-17-7-6-10-19(15-17)26-20(12-11-18-8-4-3-5-9-18)24-25-22(26)29-16-21(27)23-13-14-28-2/h3-10,15H,11-14,16H2,1-2H3,(H,23,27). The highest BCUT2D eigenvalue weighted by Gasteiger charge is 2.16. The van der Waals surface area contributed by atoms with Crippen molar-refractivity contribution in [3.63, 3.8) is 0 Å². The highest BCUT2D eigenvalue weighted by atomic mass is 32.2. The molecule has 1 aromatic heterocycles. The predicted molar refractivity (Wildman–Crippen MR) is 116 cm³/mol. The number of methoxy groups -OCH3 is 1. The summed E-state index contributed by atoms with van der Waals surface area (Å²) in [6, 6.07) is 18.6. The molecule has 0 bridgehead atoms. The molecule has 152 valence electrons. The van der Waals surface area contributed by atoms with E-state index in [9.17, 15) is 4.79 Å². The van der Waals surface area contributed by atoms with Crippen LogP contribution in [0.25, 0.3) is 5.69 Å². The average Bonchev–Trinajstić information content (AvgIpc) is 3.14. The van der Waals surface area contributed by atoms with Gasteiger partial charge in [-0.1, -0.05) is 54.2 Å². The third kappa shape index (κ3) is 6.17. The zero-order valence-electron chi connectivity index (χ0n) is 16.8. The third-order valence-corrected chi connectivity index (χ3v) is 5.33. The highest BCUT2D eigenvalue weighted by Crippen LogP contribution is 2.23. The molecule has 0 fully saturated rings. The van der Waals surface area contributed by atoms with Crippen LogP contribution in [0.3, 0.4) is 0 Å². The number of rotatable bonds is 10. The minimum Gasteiger partial charge on any atom is -0.383 e. The Labute approximate surface area is 175 Å². The van der Waals surface area contributed by atoms with Crippen LogP contribution in [0.4, 0.5) is 0 Å². The molecular weight excluding hydrogens is 384 g/mol. The Hall–Kier alpha value is -2.64. The number of benzene rings is 2. The lowest BCUT2D eigenvalue weighted by Gasteiger charge is -2.11. The van der Waals surface area contributed by atoms with Gasteiger partial charge < -0.3 is 10.1 Å². The summed E-state index contributed by atoms with van der Waals surface area (Å²) in [6.07, 6.45) is 1.65. The molecule has 7 heteroatoms. The topological polar surface area (TPSA) is 69.0 Å². The smallest absolute Gasteiger partial charge is 0.230 e. The van der Waals surface area contributed by atoms with E-state index in [4.69, 9.17) is 4.74 Å². The number of aromatic nitrogens is 3. The quantitative estimate of drug-likeness (QED) is 0.411. The van der Waals surface area contributed by atoms with E-state index in [1.807, 2.05) is 30.3 Å². The number of nitrogens with one attached hydrogen (secondary N) is 1. The van der Waals surface area contributed by atoms with E-state index in [-0.39, 0.29) is 11.7 Å². The summed E-state index contributed by atoms with van der Waals surface area (Å²) in [5.74, 6) is 1.13. The van der Waals surface area contributed by atoms with Crippen molar-refractivity contribution in [2.45, 2.75) is 24.9 Å². The minimum absolute atomic E-state index is 0.0447. The molecule has 0 aliphatic rings. The van der Waals surface area contributed by atoms with Crippen LogP contribution in [-0.4, -0.2) is 46.7 Å². The van der Waals surface area contributed by atoms with Crippen LogP contribution >= 0.6 is 11.8 Å². The summed E-state index contributed by atoms with van der Waals surface area (Å²) in [7, 11) is 1.61. The van der Waals surface area contributed by atoms with Crippen LogP contribution in [0, 0.1) is 6.92 Å². The number of carbonyl (C=O) groups excluding carboxylic acids is 1. The zero-order chi connectivity index (χ0) is 20.5. The molecule has 0 saturated heterocycles. The van der Waals surface area contributed by atoms with E-state index in [1.54, 1.807) is 7.11 Å². The maximum Gasteiger partial charge on any atom is 0.230 e. The summed E-state index contributed by atoms with van der Waals surface area (Å²) in [5, 5.41) is 12.4. The molecule has 3 rings (SSSR count). The minimum atomic E-state index is -0.0447. The number of ether oxygens (including phenoxy) is 1. The van der Waals surface area contributed by atoms with Crippen molar-refractivity contribution in [1.82, 2.24) is 20.1 Å². The van der Waals surface area contributed by atoms with Crippen LogP contribution in [0.2, 0.25) is 0 Å². The average molecular weight is 411 g/mol. The van der Waals surface area contributed by atoms with Gasteiger partial charge in [-0.25, -0.2) is 0 Å². The van der Waals surface area contributed by atoms with Gasteiger partial charge in [-0.3, -0.25) is 9.36 Å². The van der Waals surface area contributed by atoms with Crippen molar-refractivity contribution in [3.8, 4) is 5.69 Å². The van der Waals surface area contributed by atoms with E-state index in [1.165, 1.54) is 22.9 Å². The van der Waals surface area contributed by atoms with Gasteiger partial charge >= 0.3 is 0 Å². The summed E-state index contributed by atoms with van der Waals surface area (Å²) in [4.78, 5) is 12.1. The van der Waals surface area contributed by atoms with E-state index >= 15 is 0 Å². The lowest BCUT2D eigenvalue weighted by Crippen LogP contribution is -2.28. The first-order valence-corrected chi connectivity index (χ1v) is 10.6. The second-order valence-corrected chi connectivity index (χ2v) is 7.63. The van der Waals surface area contributed by atoms with Crippen LogP contribution in [-0.2, 0) is 22.4 Å². The molecular formula is C22H26N4O2S. The molecule has 29 heavy (non-hydrogen) atoms. The van der Waals surface area contributed by atoms with Crippen molar-refractivity contribution >= 4 is 17.7 Å². The molecule has 0 atom stereocenters.